The van der Waals surface area contributed by atoms with Gasteiger partial charge in [-0.3, -0.25) is 48.5 Å². The molecule has 1 aliphatic heterocycles. The van der Waals surface area contributed by atoms with Gasteiger partial charge in [-0.15, -0.1) is 0 Å². The standard InChI is InChI=1S/C47H81N7O20/c1-34(67)37(5-8-41(69)53(18-23-58)46(28-61,29-62)30-63)50-15-13-49(38(43(71)72)6-9-40(68)52(17-22-57)45(27-60,11-20-55)12-21-56)14-16-51(26-36-4-2-3-35(25-50)48-36)39(44(73)74)7-10-42(70)54(19-24-59)47(31-64,32-65)33-66/h2-4,37-39,55-66H,5-33H2,1H3,(H,71,72)(H,73,74). The molecule has 0 saturated carbocycles. The summed E-state index contributed by atoms with van der Waals surface area (Å²) in [6, 6.07) is 0.766. The molecule has 3 amide bonds. The largest absolute Gasteiger partial charge is 0.480 e. The van der Waals surface area contributed by atoms with Gasteiger partial charge in [-0.25, -0.2) is 0 Å². The van der Waals surface area contributed by atoms with Crippen LogP contribution in [0.2, 0.25) is 0 Å². The molecule has 0 aromatic carbocycles. The molecule has 2 heterocycles. The Morgan fingerprint density at radius 2 is 0.797 bits per heavy atom. The van der Waals surface area contributed by atoms with Crippen LogP contribution in [0.15, 0.2) is 18.2 Å². The maximum absolute atomic E-state index is 14.0. The topological polar surface area (TPSA) is 418 Å². The fraction of sp³-hybridized carbons (Fsp3) is 0.766. The van der Waals surface area contributed by atoms with Crippen LogP contribution in [-0.4, -0.2) is 301 Å². The molecular formula is C47H81N7O20. The van der Waals surface area contributed by atoms with Crippen LogP contribution in [-0.2, 0) is 41.9 Å². The van der Waals surface area contributed by atoms with Crippen molar-refractivity contribution in [2.45, 2.75) is 106 Å². The summed E-state index contributed by atoms with van der Waals surface area (Å²) in [4.78, 5) is 93.9. The van der Waals surface area contributed by atoms with E-state index in [-0.39, 0.29) is 71.6 Å². The minimum Gasteiger partial charge on any atom is -0.480 e. The molecule has 27 nitrogen and oxygen atoms in total. The molecule has 74 heavy (non-hydrogen) atoms. The van der Waals surface area contributed by atoms with Gasteiger partial charge in [0.25, 0.3) is 0 Å². The average molecular weight is 1060 g/mol. The number of β-amino-alcohol motifs (C(OH)–C–C–N with tert-alkyl or cyclic N) is 3. The van der Waals surface area contributed by atoms with Gasteiger partial charge < -0.3 is 86.2 Å². The smallest absolute Gasteiger partial charge is 0.320 e. The minimum atomic E-state index is -1.90. The third-order valence-electron chi connectivity index (χ3n) is 14.0. The normalized spacial score (nSPS) is 15.9. The first-order valence-electron chi connectivity index (χ1n) is 24.7. The Kier molecular flexibility index (Phi) is 29.2. The Morgan fingerprint density at radius 1 is 0.486 bits per heavy atom. The zero-order valence-electron chi connectivity index (χ0n) is 42.3. The van der Waals surface area contributed by atoms with Gasteiger partial charge in [0.05, 0.1) is 89.0 Å². The Labute approximate surface area is 430 Å². The number of ketones is 1. The fourth-order valence-electron chi connectivity index (χ4n) is 9.55. The van der Waals surface area contributed by atoms with Crippen LogP contribution >= 0.6 is 0 Å². The van der Waals surface area contributed by atoms with Crippen LogP contribution in [0.3, 0.4) is 0 Å². The molecule has 0 aliphatic carbocycles. The van der Waals surface area contributed by atoms with Crippen LogP contribution in [0.25, 0.3) is 0 Å². The van der Waals surface area contributed by atoms with Crippen molar-refractivity contribution in [1.82, 2.24) is 34.4 Å². The van der Waals surface area contributed by atoms with Crippen molar-refractivity contribution in [3.63, 3.8) is 0 Å². The third kappa shape index (κ3) is 17.6. The zero-order valence-corrected chi connectivity index (χ0v) is 42.3. The summed E-state index contributed by atoms with van der Waals surface area (Å²) in [6.07, 6.45) is -2.81. The Bertz CT molecular complexity index is 1780. The predicted molar refractivity (Wildman–Crippen MR) is 259 cm³/mol. The number of rotatable bonds is 35. The molecule has 0 spiro atoms. The van der Waals surface area contributed by atoms with Gasteiger partial charge >= 0.3 is 11.9 Å². The lowest BCUT2D eigenvalue weighted by Gasteiger charge is -2.43. The summed E-state index contributed by atoms with van der Waals surface area (Å²) in [6.45, 7) is -9.77. The van der Waals surface area contributed by atoms with Crippen LogP contribution in [0, 0.1) is 0 Å². The first kappa shape index (κ1) is 65.7. The second-order valence-electron chi connectivity index (χ2n) is 18.6. The lowest BCUT2D eigenvalue weighted by molar-refractivity contribution is -0.150. The first-order valence-corrected chi connectivity index (χ1v) is 24.7. The highest BCUT2D eigenvalue weighted by atomic mass is 16.4. The van der Waals surface area contributed by atoms with Gasteiger partial charge in [0, 0.05) is 91.4 Å². The predicted octanol–water partition coefficient (Wildman–Crippen LogP) is -6.40. The van der Waals surface area contributed by atoms with E-state index in [0.717, 1.165) is 14.7 Å². The van der Waals surface area contributed by atoms with E-state index in [4.69, 9.17) is 4.98 Å². The van der Waals surface area contributed by atoms with Crippen LogP contribution in [0.1, 0.15) is 69.7 Å². The van der Waals surface area contributed by atoms with E-state index in [9.17, 15) is 100 Å². The molecule has 2 rings (SSSR count). The summed E-state index contributed by atoms with van der Waals surface area (Å²) in [5, 5.41) is 142. The first-order chi connectivity index (χ1) is 35.3. The molecule has 0 fully saturated rings. The summed E-state index contributed by atoms with van der Waals surface area (Å²) >= 11 is 0. The highest BCUT2D eigenvalue weighted by molar-refractivity contribution is 5.83. The number of pyridine rings is 1. The molecule has 0 radical (unpaired) electrons. The number of aromatic nitrogens is 1. The number of carboxylic acids is 2. The number of hydrogen-bond donors (Lipinski definition) is 14. The van der Waals surface area contributed by atoms with Gasteiger partial charge in [-0.1, -0.05) is 6.07 Å². The monoisotopic (exact) mass is 1060 g/mol. The van der Waals surface area contributed by atoms with E-state index in [2.05, 4.69) is 0 Å². The van der Waals surface area contributed by atoms with E-state index < -0.39 is 188 Å². The van der Waals surface area contributed by atoms with Crippen LogP contribution in [0.4, 0.5) is 0 Å². The molecule has 2 bridgehead atoms. The van der Waals surface area contributed by atoms with Gasteiger partial charge in [0.1, 0.15) is 28.9 Å². The van der Waals surface area contributed by atoms with Crippen LogP contribution < -0.4 is 0 Å². The average Bonchev–Trinajstić information content (AvgIpc) is 3.38. The van der Waals surface area contributed by atoms with Gasteiger partial charge in [-0.2, -0.15) is 0 Å². The van der Waals surface area contributed by atoms with Crippen molar-refractivity contribution >= 4 is 35.4 Å². The number of carbonyl (C=O) groups excluding carboxylic acids is 4. The number of aliphatic carboxylic acids is 2. The Morgan fingerprint density at radius 3 is 1.11 bits per heavy atom. The van der Waals surface area contributed by atoms with E-state index in [0.29, 0.717) is 11.4 Å². The molecule has 3 atom stereocenters. The molecule has 0 saturated heterocycles. The number of hydrogen-bond acceptors (Lipinski definition) is 22. The molecule has 1 aromatic heterocycles. The molecule has 1 aromatic rings. The number of nitrogens with zero attached hydrogens (tertiary/aromatic N) is 7. The fourth-order valence-corrected chi connectivity index (χ4v) is 9.55. The van der Waals surface area contributed by atoms with Crippen molar-refractivity contribution in [2.75, 3.05) is 125 Å². The lowest BCUT2D eigenvalue weighted by atomic mass is 9.89. The summed E-state index contributed by atoms with van der Waals surface area (Å²) < 4.78 is 0. The third-order valence-corrected chi connectivity index (χ3v) is 14.0. The maximum atomic E-state index is 14.0. The Hall–Kier alpha value is -4.43. The second kappa shape index (κ2) is 32.9. The number of fused-ring (bicyclic) bond motifs is 2. The molecule has 1 aliphatic rings. The highest BCUT2D eigenvalue weighted by Gasteiger charge is 2.42. The lowest BCUT2D eigenvalue weighted by Crippen LogP contribution is -2.60. The molecule has 3 unspecified atom stereocenters. The summed E-state index contributed by atoms with van der Waals surface area (Å²) in [5.74, 6) is -5.53. The molecular weight excluding hydrogens is 983 g/mol. The number of aliphatic hydroxyl groups excluding tert-OH is 12. The number of aliphatic hydroxyl groups is 12. The number of amides is 3. The summed E-state index contributed by atoms with van der Waals surface area (Å²) in [7, 11) is 0. The van der Waals surface area contributed by atoms with E-state index in [1.807, 2.05) is 0 Å². The summed E-state index contributed by atoms with van der Waals surface area (Å²) in [5.41, 5.74) is -4.61. The second-order valence-corrected chi connectivity index (χ2v) is 18.6. The van der Waals surface area contributed by atoms with Gasteiger partial charge in [-0.05, 0) is 51.2 Å². The van der Waals surface area contributed by atoms with E-state index >= 15 is 0 Å². The number of carboxylic acid groups (broad SMARTS) is 2. The minimum absolute atomic E-state index is 0.0977. The zero-order chi connectivity index (χ0) is 55.6. The molecule has 424 valence electrons. The van der Waals surface area contributed by atoms with Gasteiger partial charge in [0.2, 0.25) is 17.7 Å². The van der Waals surface area contributed by atoms with E-state index in [1.165, 1.54) is 16.7 Å². The molecule has 14 N–H and O–H groups in total. The maximum Gasteiger partial charge on any atom is 0.320 e. The SMILES string of the molecule is CC(=O)C(CCC(=O)N(CCO)C(CO)(CO)CO)N1CCN(C(CCC(=O)N(CCO)C(CO)(CCO)CCO)C(=O)O)CCN(C(CCC(=O)N(CCO)C(CO)(CO)CO)C(=O)O)Cc2cccc(n2)C1. The van der Waals surface area contributed by atoms with Crippen molar-refractivity contribution in [3.8, 4) is 0 Å². The van der Waals surface area contributed by atoms with Crippen molar-refractivity contribution in [1.29, 1.82) is 0 Å². The van der Waals surface area contributed by atoms with Crippen molar-refractivity contribution in [3.05, 3.63) is 29.6 Å². The van der Waals surface area contributed by atoms with Crippen LogP contribution in [0.5, 0.6) is 0 Å². The van der Waals surface area contributed by atoms with Gasteiger partial charge in [0.15, 0.2) is 0 Å². The molecule has 27 heteroatoms. The highest BCUT2D eigenvalue weighted by Crippen LogP contribution is 2.27. The number of Topliss-reactive ketones (excluding diaryl/α,β-unsaturated/α-hetero) is 1. The number of carbonyl (C=O) groups is 6. The Balaban J connectivity index is 2.78. The van der Waals surface area contributed by atoms with Crippen molar-refractivity contribution < 1.29 is 100 Å². The van der Waals surface area contributed by atoms with Crippen molar-refractivity contribution in [2.24, 2.45) is 0 Å². The van der Waals surface area contributed by atoms with E-state index in [1.54, 1.807) is 23.1 Å². The quantitative estimate of drug-likeness (QED) is 0.0301.